The van der Waals surface area contributed by atoms with Gasteiger partial charge in [-0.15, -0.1) is 0 Å². The standard InChI is InChI=1S/C15H22N2O5.C9H12O.C7H16/c1-9(2)5-4-6-22-13-8-11(17-15(16)20)10(14(18)19)7-12(13)21-3;1-3-8-6-4-5-7-9(8)10-2;1-6(2)7(3,4)5/h7-9H,4-6H2,1-3H3,(H,18,19)(H3,16,17,20);4-7H,3H2,1-2H3;6H,1-5H3. The van der Waals surface area contributed by atoms with Crippen LogP contribution in [0.1, 0.15) is 84.2 Å². The average molecular weight is 547 g/mol. The maximum Gasteiger partial charge on any atom is 0.337 e. The fraction of sp³-hybridized carbons (Fsp3) is 0.548. The number of aromatic carboxylic acids is 1. The molecule has 2 aromatic carbocycles. The number of hydrogen-bond acceptors (Lipinski definition) is 5. The van der Waals surface area contributed by atoms with Crippen molar-refractivity contribution in [3.05, 3.63) is 47.5 Å². The maximum atomic E-state index is 11.2. The third kappa shape index (κ3) is 14.3. The van der Waals surface area contributed by atoms with Crippen molar-refractivity contribution < 1.29 is 28.9 Å². The minimum absolute atomic E-state index is 0.0691. The van der Waals surface area contributed by atoms with Crippen molar-refractivity contribution in [2.75, 3.05) is 26.1 Å². The molecule has 0 aromatic heterocycles. The Hall–Kier alpha value is -3.42. The van der Waals surface area contributed by atoms with Gasteiger partial charge in [-0.1, -0.05) is 73.6 Å². The minimum atomic E-state index is -1.20. The van der Waals surface area contributed by atoms with Crippen molar-refractivity contribution in [2.24, 2.45) is 23.0 Å². The van der Waals surface area contributed by atoms with Crippen molar-refractivity contribution in [2.45, 2.75) is 74.7 Å². The number of nitrogens with two attached hydrogens (primary N) is 1. The van der Waals surface area contributed by atoms with Crippen molar-refractivity contribution in [3.63, 3.8) is 0 Å². The molecule has 220 valence electrons. The monoisotopic (exact) mass is 546 g/mol. The van der Waals surface area contributed by atoms with E-state index < -0.39 is 12.0 Å². The molecule has 8 nitrogen and oxygen atoms in total. The molecule has 2 amide bonds. The Balaban J connectivity index is 0.000000694. The number of ether oxygens (including phenoxy) is 3. The number of carboxylic acids is 1. The number of anilines is 1. The van der Waals surface area contributed by atoms with Crippen LogP contribution in [-0.2, 0) is 6.42 Å². The van der Waals surface area contributed by atoms with E-state index in [4.69, 9.17) is 19.9 Å². The lowest BCUT2D eigenvalue weighted by Gasteiger charge is -2.22. The van der Waals surface area contributed by atoms with Gasteiger partial charge >= 0.3 is 12.0 Å². The fourth-order valence-corrected chi connectivity index (χ4v) is 2.91. The van der Waals surface area contributed by atoms with E-state index in [1.165, 1.54) is 24.8 Å². The largest absolute Gasteiger partial charge is 0.496 e. The molecule has 0 saturated carbocycles. The summed E-state index contributed by atoms with van der Waals surface area (Å²) >= 11 is 0. The molecule has 39 heavy (non-hydrogen) atoms. The molecule has 0 heterocycles. The third-order valence-corrected chi connectivity index (χ3v) is 6.28. The molecule has 0 aliphatic rings. The molecule has 0 atom stereocenters. The maximum absolute atomic E-state index is 11.2. The van der Waals surface area contributed by atoms with Gasteiger partial charge in [-0.05, 0) is 48.1 Å². The summed E-state index contributed by atoms with van der Waals surface area (Å²) in [6, 6.07) is 9.93. The Morgan fingerprint density at radius 2 is 1.54 bits per heavy atom. The molecule has 8 heteroatoms. The van der Waals surface area contributed by atoms with Gasteiger partial charge in [-0.3, -0.25) is 0 Å². The fourth-order valence-electron chi connectivity index (χ4n) is 2.91. The van der Waals surface area contributed by atoms with Crippen LogP contribution < -0.4 is 25.3 Å². The summed E-state index contributed by atoms with van der Waals surface area (Å²) in [6.45, 7) is 18.1. The van der Waals surface area contributed by atoms with E-state index in [-0.39, 0.29) is 17.0 Å². The molecule has 0 spiro atoms. The molecular weight excluding hydrogens is 496 g/mol. The molecule has 0 unspecified atom stereocenters. The first-order valence-electron chi connectivity index (χ1n) is 13.4. The summed E-state index contributed by atoms with van der Waals surface area (Å²) in [4.78, 5) is 22.2. The molecule has 0 radical (unpaired) electrons. The highest BCUT2D eigenvalue weighted by molar-refractivity contribution is 6.00. The van der Waals surface area contributed by atoms with Crippen LogP contribution in [0, 0.1) is 17.3 Å². The Bertz CT molecular complexity index is 990. The zero-order valence-corrected chi connectivity index (χ0v) is 25.5. The lowest BCUT2D eigenvalue weighted by Crippen LogP contribution is -2.21. The lowest BCUT2D eigenvalue weighted by molar-refractivity contribution is 0.0697. The molecule has 0 fully saturated rings. The Morgan fingerprint density at radius 3 is 1.95 bits per heavy atom. The topological polar surface area (TPSA) is 120 Å². The molecule has 0 bridgehead atoms. The predicted molar refractivity (Wildman–Crippen MR) is 159 cm³/mol. The highest BCUT2D eigenvalue weighted by Gasteiger charge is 2.18. The van der Waals surface area contributed by atoms with Gasteiger partial charge in [0.15, 0.2) is 11.5 Å². The van der Waals surface area contributed by atoms with E-state index in [0.717, 1.165) is 30.9 Å². The van der Waals surface area contributed by atoms with E-state index in [2.05, 4.69) is 66.8 Å². The van der Waals surface area contributed by atoms with E-state index >= 15 is 0 Å². The van der Waals surface area contributed by atoms with Gasteiger partial charge < -0.3 is 30.4 Å². The number of carbonyl (C=O) groups is 2. The number of carbonyl (C=O) groups excluding carboxylic acids is 1. The highest BCUT2D eigenvalue weighted by atomic mass is 16.5. The molecule has 2 aromatic rings. The summed E-state index contributed by atoms with van der Waals surface area (Å²) in [6.07, 6.45) is 2.91. The van der Waals surface area contributed by atoms with Gasteiger partial charge in [0.05, 0.1) is 32.1 Å². The Kier molecular flexibility index (Phi) is 16.4. The van der Waals surface area contributed by atoms with E-state index in [1.54, 1.807) is 7.11 Å². The molecule has 0 aliphatic heterocycles. The zero-order valence-electron chi connectivity index (χ0n) is 25.5. The SMILES string of the molecule is CC(C)C(C)(C)C.CCc1ccccc1OC.COc1cc(C(=O)O)c(NC(N)=O)cc1OCCCC(C)C. The predicted octanol–water partition coefficient (Wildman–Crippen LogP) is 7.65. The number of benzene rings is 2. The van der Waals surface area contributed by atoms with Crippen LogP contribution in [-0.4, -0.2) is 37.9 Å². The van der Waals surface area contributed by atoms with Crippen molar-refractivity contribution >= 4 is 17.7 Å². The van der Waals surface area contributed by atoms with Crippen molar-refractivity contribution in [1.29, 1.82) is 0 Å². The van der Waals surface area contributed by atoms with Crippen LogP contribution in [0.3, 0.4) is 0 Å². The third-order valence-electron chi connectivity index (χ3n) is 6.28. The second-order valence-electron chi connectivity index (χ2n) is 10.9. The lowest BCUT2D eigenvalue weighted by atomic mass is 9.84. The van der Waals surface area contributed by atoms with Gasteiger partial charge in [0.1, 0.15) is 5.75 Å². The van der Waals surface area contributed by atoms with Crippen LogP contribution in [0.15, 0.2) is 36.4 Å². The Labute approximate surface area is 235 Å². The summed E-state index contributed by atoms with van der Waals surface area (Å²) < 4.78 is 15.9. The van der Waals surface area contributed by atoms with Gasteiger partial charge in [0, 0.05) is 12.1 Å². The number of rotatable bonds is 10. The number of amides is 2. The van der Waals surface area contributed by atoms with Crippen LogP contribution in [0.2, 0.25) is 0 Å². The summed E-state index contributed by atoms with van der Waals surface area (Å²) in [5.74, 6) is 1.81. The summed E-state index contributed by atoms with van der Waals surface area (Å²) in [5, 5.41) is 11.5. The zero-order chi connectivity index (χ0) is 30.2. The van der Waals surface area contributed by atoms with E-state index in [0.29, 0.717) is 23.7 Å². The first kappa shape index (κ1) is 35.6. The molecule has 0 saturated heterocycles. The summed E-state index contributed by atoms with van der Waals surface area (Å²) in [5.41, 5.74) is 6.77. The van der Waals surface area contributed by atoms with Crippen molar-refractivity contribution in [3.8, 4) is 17.2 Å². The quantitative estimate of drug-likeness (QED) is 0.263. The number of hydrogen-bond donors (Lipinski definition) is 3. The second kappa shape index (κ2) is 18.0. The number of urea groups is 1. The number of methoxy groups -OCH3 is 2. The first-order valence-corrected chi connectivity index (χ1v) is 13.4. The van der Waals surface area contributed by atoms with E-state index in [1.807, 2.05) is 18.2 Å². The Morgan fingerprint density at radius 1 is 0.974 bits per heavy atom. The number of aryl methyl sites for hydroxylation is 1. The van der Waals surface area contributed by atoms with Crippen LogP contribution in [0.25, 0.3) is 0 Å². The minimum Gasteiger partial charge on any atom is -0.496 e. The summed E-state index contributed by atoms with van der Waals surface area (Å²) in [7, 11) is 3.12. The van der Waals surface area contributed by atoms with Gasteiger partial charge in [0.25, 0.3) is 0 Å². The number of primary amides is 1. The molecule has 0 aliphatic carbocycles. The molecule has 2 rings (SSSR count). The smallest absolute Gasteiger partial charge is 0.337 e. The molecule has 4 N–H and O–H groups in total. The number of carboxylic acid groups (broad SMARTS) is 1. The van der Waals surface area contributed by atoms with Crippen molar-refractivity contribution in [1.82, 2.24) is 0 Å². The van der Waals surface area contributed by atoms with Crippen LogP contribution in [0.4, 0.5) is 10.5 Å². The van der Waals surface area contributed by atoms with Gasteiger partial charge in [0.2, 0.25) is 0 Å². The second-order valence-corrected chi connectivity index (χ2v) is 10.9. The van der Waals surface area contributed by atoms with Gasteiger partial charge in [-0.2, -0.15) is 0 Å². The average Bonchev–Trinajstić information content (AvgIpc) is 2.86. The van der Waals surface area contributed by atoms with Gasteiger partial charge in [-0.25, -0.2) is 9.59 Å². The highest BCUT2D eigenvalue weighted by Crippen LogP contribution is 2.34. The number of para-hydroxylation sites is 1. The first-order chi connectivity index (χ1) is 18.2. The number of nitrogens with one attached hydrogen (secondary N) is 1. The van der Waals surface area contributed by atoms with E-state index in [9.17, 15) is 14.7 Å². The normalized spacial score (nSPS) is 10.6. The molecular formula is C31H50N2O6. The van der Waals surface area contributed by atoms with Crippen LogP contribution in [0.5, 0.6) is 17.2 Å². The van der Waals surface area contributed by atoms with Crippen LogP contribution >= 0.6 is 0 Å².